The summed E-state index contributed by atoms with van der Waals surface area (Å²) >= 11 is 6.92. The number of halogens is 1. The summed E-state index contributed by atoms with van der Waals surface area (Å²) in [5.74, 6) is -0.0451. The zero-order valence-corrected chi connectivity index (χ0v) is 16.9. The third kappa shape index (κ3) is 5.00. The van der Waals surface area contributed by atoms with E-state index in [2.05, 4.69) is 11.4 Å². The van der Waals surface area contributed by atoms with Crippen molar-refractivity contribution < 1.29 is 14.3 Å². The summed E-state index contributed by atoms with van der Waals surface area (Å²) in [6.45, 7) is 6.43. The monoisotopic (exact) mass is 405 g/mol. The Labute approximate surface area is 167 Å². The van der Waals surface area contributed by atoms with Crippen LogP contribution in [0.25, 0.3) is 0 Å². The Morgan fingerprint density at radius 3 is 2.44 bits per heavy atom. The lowest BCUT2D eigenvalue weighted by Gasteiger charge is -2.17. The van der Waals surface area contributed by atoms with E-state index in [1.807, 2.05) is 13.8 Å². The van der Waals surface area contributed by atoms with Gasteiger partial charge in [0.25, 0.3) is 11.8 Å². The number of amides is 2. The van der Waals surface area contributed by atoms with Crippen molar-refractivity contribution in [2.45, 2.75) is 20.8 Å². The molecule has 0 saturated heterocycles. The molecule has 2 aromatic rings. The van der Waals surface area contributed by atoms with Crippen LogP contribution in [0, 0.1) is 18.3 Å². The summed E-state index contributed by atoms with van der Waals surface area (Å²) < 4.78 is 5.40. The van der Waals surface area contributed by atoms with Gasteiger partial charge in [-0.05, 0) is 50.6 Å². The van der Waals surface area contributed by atoms with Crippen LogP contribution in [0.15, 0.2) is 24.3 Å². The molecule has 0 radical (unpaired) electrons. The predicted molar refractivity (Wildman–Crippen MR) is 107 cm³/mol. The highest BCUT2D eigenvalue weighted by atomic mass is 35.5. The van der Waals surface area contributed by atoms with Crippen LogP contribution >= 0.6 is 22.9 Å². The third-order valence-electron chi connectivity index (χ3n) is 3.94. The first-order valence-corrected chi connectivity index (χ1v) is 9.61. The Hall–Kier alpha value is -2.56. The molecule has 0 aliphatic heterocycles. The van der Waals surface area contributed by atoms with E-state index in [9.17, 15) is 14.9 Å². The van der Waals surface area contributed by atoms with Gasteiger partial charge < -0.3 is 15.0 Å². The van der Waals surface area contributed by atoms with Gasteiger partial charge in [0.2, 0.25) is 0 Å². The van der Waals surface area contributed by atoms with Gasteiger partial charge in [-0.15, -0.1) is 11.3 Å². The van der Waals surface area contributed by atoms with Crippen LogP contribution in [0.2, 0.25) is 5.02 Å². The number of nitriles is 1. The molecule has 0 aliphatic carbocycles. The largest absolute Gasteiger partial charge is 0.484 e. The molecule has 0 unspecified atom stereocenters. The quantitative estimate of drug-likeness (QED) is 0.752. The number of carbonyl (C=O) groups is 2. The fraction of sp³-hybridized carbons (Fsp3) is 0.316. The number of ether oxygens (including phenoxy) is 1. The average molecular weight is 406 g/mol. The molecule has 0 atom stereocenters. The maximum atomic E-state index is 12.6. The van der Waals surface area contributed by atoms with E-state index >= 15 is 0 Å². The molecule has 0 saturated carbocycles. The van der Waals surface area contributed by atoms with Crippen molar-refractivity contribution in [1.29, 1.82) is 5.26 Å². The Kier molecular flexibility index (Phi) is 7.22. The number of benzene rings is 1. The number of nitrogens with one attached hydrogen (secondary N) is 1. The molecule has 142 valence electrons. The lowest BCUT2D eigenvalue weighted by molar-refractivity contribution is -0.118. The molecular weight excluding hydrogens is 386 g/mol. The first kappa shape index (κ1) is 20.7. The van der Waals surface area contributed by atoms with Gasteiger partial charge in [0.15, 0.2) is 6.61 Å². The van der Waals surface area contributed by atoms with Gasteiger partial charge >= 0.3 is 0 Å². The van der Waals surface area contributed by atoms with Gasteiger partial charge in [-0.3, -0.25) is 9.59 Å². The van der Waals surface area contributed by atoms with Crippen molar-refractivity contribution >= 4 is 39.8 Å². The van der Waals surface area contributed by atoms with Gasteiger partial charge in [0, 0.05) is 18.1 Å². The number of anilines is 1. The minimum Gasteiger partial charge on any atom is -0.484 e. The van der Waals surface area contributed by atoms with Crippen molar-refractivity contribution in [2.75, 3.05) is 25.0 Å². The van der Waals surface area contributed by atoms with Crippen molar-refractivity contribution in [3.05, 3.63) is 45.3 Å². The molecular formula is C19H20ClN3O3S. The molecule has 6 nitrogen and oxygen atoms in total. The third-order valence-corrected chi connectivity index (χ3v) is 5.39. The second-order valence-electron chi connectivity index (χ2n) is 5.64. The summed E-state index contributed by atoms with van der Waals surface area (Å²) in [5, 5.41) is 13.0. The highest BCUT2D eigenvalue weighted by Crippen LogP contribution is 2.33. The van der Waals surface area contributed by atoms with Crippen LogP contribution in [-0.4, -0.2) is 36.4 Å². The van der Waals surface area contributed by atoms with E-state index < -0.39 is 5.91 Å². The number of hydrogen-bond acceptors (Lipinski definition) is 5. The van der Waals surface area contributed by atoms with Crippen molar-refractivity contribution in [3.63, 3.8) is 0 Å². The average Bonchev–Trinajstić information content (AvgIpc) is 2.97. The van der Waals surface area contributed by atoms with E-state index in [0.717, 1.165) is 11.3 Å². The van der Waals surface area contributed by atoms with Crippen LogP contribution in [0.4, 0.5) is 5.00 Å². The summed E-state index contributed by atoms with van der Waals surface area (Å²) in [5.41, 5.74) is 0.878. The number of rotatable bonds is 7. The Morgan fingerprint density at radius 1 is 1.26 bits per heavy atom. The van der Waals surface area contributed by atoms with Gasteiger partial charge in [-0.25, -0.2) is 0 Å². The summed E-state index contributed by atoms with van der Waals surface area (Å²) in [6.07, 6.45) is 0. The summed E-state index contributed by atoms with van der Waals surface area (Å²) in [6, 6.07) is 8.71. The Balaban J connectivity index is 2.12. The topological polar surface area (TPSA) is 82.4 Å². The molecule has 0 bridgehead atoms. The number of thiophene rings is 1. The Morgan fingerprint density at radius 2 is 1.89 bits per heavy atom. The Bertz CT molecular complexity index is 868. The second kappa shape index (κ2) is 9.40. The normalized spacial score (nSPS) is 10.2. The van der Waals surface area contributed by atoms with Crippen molar-refractivity contribution in [2.24, 2.45) is 0 Å². The predicted octanol–water partition coefficient (Wildman–Crippen LogP) is 4.08. The van der Waals surface area contributed by atoms with Crippen LogP contribution in [0.5, 0.6) is 5.75 Å². The molecule has 1 aromatic carbocycles. The summed E-state index contributed by atoms with van der Waals surface area (Å²) in [7, 11) is 0. The zero-order valence-electron chi connectivity index (χ0n) is 15.3. The molecule has 27 heavy (non-hydrogen) atoms. The molecule has 2 rings (SSSR count). The fourth-order valence-corrected chi connectivity index (χ4v) is 3.70. The number of hydrogen-bond donors (Lipinski definition) is 1. The maximum absolute atomic E-state index is 12.6. The van der Waals surface area contributed by atoms with E-state index in [-0.39, 0.29) is 12.5 Å². The maximum Gasteiger partial charge on any atom is 0.264 e. The lowest BCUT2D eigenvalue weighted by Crippen LogP contribution is -2.30. The van der Waals surface area contributed by atoms with Crippen LogP contribution in [-0.2, 0) is 4.79 Å². The van der Waals surface area contributed by atoms with E-state index in [1.165, 1.54) is 0 Å². The van der Waals surface area contributed by atoms with Gasteiger partial charge in [0.1, 0.15) is 16.8 Å². The van der Waals surface area contributed by atoms with E-state index in [1.54, 1.807) is 36.1 Å². The van der Waals surface area contributed by atoms with Gasteiger partial charge in [-0.1, -0.05) is 11.6 Å². The first-order valence-electron chi connectivity index (χ1n) is 8.42. The number of nitrogens with zero attached hydrogens (tertiary/aromatic N) is 2. The van der Waals surface area contributed by atoms with E-state index in [0.29, 0.717) is 44.9 Å². The standard InChI is InChI=1S/C19H20ClN3O3S/c1-4-23(5-2)19(25)17-12(3)15(10-21)18(27-17)22-16(24)11-26-14-8-6-13(20)7-9-14/h6-9H,4-5,11H2,1-3H3,(H,22,24). The SMILES string of the molecule is CCN(CC)C(=O)c1sc(NC(=O)COc2ccc(Cl)cc2)c(C#N)c1C. The van der Waals surface area contributed by atoms with Crippen molar-refractivity contribution in [1.82, 2.24) is 4.90 Å². The highest BCUT2D eigenvalue weighted by molar-refractivity contribution is 7.18. The molecule has 0 fully saturated rings. The minimum absolute atomic E-state index is 0.142. The van der Waals surface area contributed by atoms with Gasteiger partial charge in [0.05, 0.1) is 10.4 Å². The fourth-order valence-electron chi connectivity index (χ4n) is 2.44. The van der Waals surface area contributed by atoms with Crippen LogP contribution in [0.3, 0.4) is 0 Å². The van der Waals surface area contributed by atoms with Crippen molar-refractivity contribution in [3.8, 4) is 11.8 Å². The highest BCUT2D eigenvalue weighted by Gasteiger charge is 2.24. The smallest absolute Gasteiger partial charge is 0.264 e. The molecule has 0 aliphatic rings. The molecule has 2 amide bonds. The summed E-state index contributed by atoms with van der Waals surface area (Å²) in [4.78, 5) is 26.9. The molecule has 1 N–H and O–H groups in total. The molecule has 1 heterocycles. The molecule has 8 heteroatoms. The molecule has 1 aromatic heterocycles. The van der Waals surface area contributed by atoms with E-state index in [4.69, 9.17) is 16.3 Å². The zero-order chi connectivity index (χ0) is 20.0. The molecule has 0 spiro atoms. The second-order valence-corrected chi connectivity index (χ2v) is 7.10. The first-order chi connectivity index (χ1) is 12.9. The lowest BCUT2D eigenvalue weighted by atomic mass is 10.1. The van der Waals surface area contributed by atoms with Crippen LogP contribution in [0.1, 0.15) is 34.6 Å². The van der Waals surface area contributed by atoms with Crippen LogP contribution < -0.4 is 10.1 Å². The minimum atomic E-state index is -0.412. The number of carbonyl (C=O) groups excluding carboxylic acids is 2. The van der Waals surface area contributed by atoms with Gasteiger partial charge in [-0.2, -0.15) is 5.26 Å².